The van der Waals surface area contributed by atoms with Crippen molar-refractivity contribution in [2.75, 3.05) is 0 Å². The number of hydrogen-bond acceptors (Lipinski definition) is 3. The minimum Gasteiger partial charge on any atom is -0.478 e. The number of nitrogens with zero attached hydrogens (tertiary/aromatic N) is 1. The summed E-state index contributed by atoms with van der Waals surface area (Å²) in [4.78, 5) is 15.4. The molecule has 4 nitrogen and oxygen atoms in total. The van der Waals surface area contributed by atoms with Crippen molar-refractivity contribution in [3.05, 3.63) is 47.7 Å². The Hall–Kier alpha value is -2.43. The second kappa shape index (κ2) is 6.99. The first kappa shape index (κ1) is 17.9. The first-order valence-corrected chi connectivity index (χ1v) is 7.80. The molecule has 1 aromatic heterocycles. The van der Waals surface area contributed by atoms with Gasteiger partial charge >= 0.3 is 5.97 Å². The number of aromatic nitrogens is 1. The van der Waals surface area contributed by atoms with Crippen molar-refractivity contribution in [3.8, 4) is 5.75 Å². The molecule has 1 aromatic carbocycles. The van der Waals surface area contributed by atoms with Crippen molar-refractivity contribution < 1.29 is 19.0 Å². The summed E-state index contributed by atoms with van der Waals surface area (Å²) in [6.07, 6.45) is 1.93. The summed E-state index contributed by atoms with van der Waals surface area (Å²) in [5, 5.41) is 9.96. The molecule has 24 heavy (non-hydrogen) atoms. The van der Waals surface area contributed by atoms with Gasteiger partial charge in [-0.1, -0.05) is 38.5 Å². The van der Waals surface area contributed by atoms with E-state index in [-0.39, 0.29) is 5.41 Å². The fraction of sp³-hybridized carbons (Fsp3) is 0.368. The molecule has 1 N–H and O–H groups in total. The Morgan fingerprint density at radius 1 is 1.38 bits per heavy atom. The topological polar surface area (TPSA) is 59.4 Å². The van der Waals surface area contributed by atoms with Gasteiger partial charge in [0.05, 0.1) is 0 Å². The number of carbonyl (C=O) groups is 1. The van der Waals surface area contributed by atoms with Crippen LogP contribution in [0.25, 0.3) is 10.9 Å². The summed E-state index contributed by atoms with van der Waals surface area (Å²) in [6, 6.07) is 7.20. The van der Waals surface area contributed by atoms with Crippen LogP contribution in [-0.2, 0) is 11.2 Å². The number of pyridine rings is 1. The predicted molar refractivity (Wildman–Crippen MR) is 91.8 cm³/mol. The number of carboxylic acids is 1. The molecule has 0 aliphatic heterocycles. The van der Waals surface area contributed by atoms with E-state index >= 15 is 0 Å². The summed E-state index contributed by atoms with van der Waals surface area (Å²) in [6.45, 7) is 7.25. The van der Waals surface area contributed by atoms with Crippen LogP contribution in [0.2, 0.25) is 0 Å². The Bertz CT molecular complexity index is 776. The smallest absolute Gasteiger partial charge is 0.328 e. The van der Waals surface area contributed by atoms with Crippen LogP contribution in [0.1, 0.15) is 33.3 Å². The molecule has 0 aliphatic carbocycles. The summed E-state index contributed by atoms with van der Waals surface area (Å²) >= 11 is 0. The number of ether oxygens (including phenoxy) is 1. The van der Waals surface area contributed by atoms with Gasteiger partial charge in [0.1, 0.15) is 11.3 Å². The van der Waals surface area contributed by atoms with E-state index in [9.17, 15) is 9.18 Å². The van der Waals surface area contributed by atoms with Crippen LogP contribution in [0.5, 0.6) is 5.75 Å². The highest BCUT2D eigenvalue weighted by atomic mass is 19.1. The van der Waals surface area contributed by atoms with Crippen molar-refractivity contribution in [1.82, 2.24) is 4.98 Å². The van der Waals surface area contributed by atoms with Crippen LogP contribution in [-0.4, -0.2) is 22.4 Å². The minimum absolute atomic E-state index is 0.282. The van der Waals surface area contributed by atoms with Crippen molar-refractivity contribution in [2.45, 2.75) is 40.5 Å². The van der Waals surface area contributed by atoms with Crippen LogP contribution in [0.4, 0.5) is 4.39 Å². The van der Waals surface area contributed by atoms with E-state index < -0.39 is 12.3 Å². The zero-order valence-electron chi connectivity index (χ0n) is 14.3. The number of aliphatic carboxylic acids is 1. The number of rotatable bonds is 5. The zero-order valence-corrected chi connectivity index (χ0v) is 14.3. The zero-order chi connectivity index (χ0) is 17.9. The van der Waals surface area contributed by atoms with E-state index in [2.05, 4.69) is 4.98 Å². The molecule has 2 rings (SSSR count). The molecule has 1 atom stereocenters. The highest BCUT2D eigenvalue weighted by Crippen LogP contribution is 2.33. The second-order valence-electron chi connectivity index (χ2n) is 6.72. The summed E-state index contributed by atoms with van der Waals surface area (Å²) in [5.74, 6) is -0.586. The lowest BCUT2D eigenvalue weighted by Crippen LogP contribution is -2.14. The third-order valence-corrected chi connectivity index (χ3v) is 3.75. The van der Waals surface area contributed by atoms with Gasteiger partial charge in [-0.3, -0.25) is 4.98 Å². The maximum absolute atomic E-state index is 13.2. The molecule has 0 bridgehead atoms. The fourth-order valence-corrected chi connectivity index (χ4v) is 2.52. The van der Waals surface area contributed by atoms with Gasteiger partial charge in [-0.25, -0.2) is 9.18 Å². The molecule has 0 fully saturated rings. The van der Waals surface area contributed by atoms with Crippen molar-refractivity contribution in [2.24, 2.45) is 5.41 Å². The van der Waals surface area contributed by atoms with Gasteiger partial charge in [0.15, 0.2) is 0 Å². The lowest BCUT2D eigenvalue weighted by atomic mass is 9.82. The summed E-state index contributed by atoms with van der Waals surface area (Å²) in [5.41, 5.74) is 2.02. The number of alkyl halides is 1. The number of hydrogen-bond donors (Lipinski definition) is 1. The van der Waals surface area contributed by atoms with E-state index in [0.717, 1.165) is 16.5 Å². The molecule has 0 spiro atoms. The van der Waals surface area contributed by atoms with Crippen LogP contribution in [0.3, 0.4) is 0 Å². The highest BCUT2D eigenvalue weighted by molar-refractivity contribution is 5.88. The molecule has 1 unspecified atom stereocenters. The third kappa shape index (κ3) is 4.31. The highest BCUT2D eigenvalue weighted by Gasteiger charge is 2.20. The normalized spacial score (nSPS) is 13.8. The third-order valence-electron chi connectivity index (χ3n) is 3.75. The van der Waals surface area contributed by atoms with Crippen LogP contribution < -0.4 is 4.74 Å². The van der Waals surface area contributed by atoms with Gasteiger partial charge in [-0.05, 0) is 29.5 Å². The fourth-order valence-electron chi connectivity index (χ4n) is 2.52. The Morgan fingerprint density at radius 2 is 2.08 bits per heavy atom. The van der Waals surface area contributed by atoms with E-state index in [1.807, 2.05) is 32.9 Å². The van der Waals surface area contributed by atoms with E-state index in [1.165, 1.54) is 13.0 Å². The maximum Gasteiger partial charge on any atom is 0.328 e. The molecular formula is C19H22FNO3. The number of benzene rings is 1. The average Bonchev–Trinajstić information content (AvgIpc) is 2.47. The van der Waals surface area contributed by atoms with Crippen molar-refractivity contribution >= 4 is 16.9 Å². The van der Waals surface area contributed by atoms with E-state index in [1.54, 1.807) is 18.3 Å². The average molecular weight is 331 g/mol. The largest absolute Gasteiger partial charge is 0.478 e. The van der Waals surface area contributed by atoms with Gasteiger partial charge in [-0.15, -0.1) is 0 Å². The molecule has 1 heterocycles. The van der Waals surface area contributed by atoms with Gasteiger partial charge < -0.3 is 9.84 Å². The Labute approximate surface area is 141 Å². The number of halogens is 1. The first-order chi connectivity index (χ1) is 11.2. The minimum atomic E-state index is -1.43. The molecule has 0 saturated heterocycles. The van der Waals surface area contributed by atoms with Crippen LogP contribution >= 0.6 is 0 Å². The van der Waals surface area contributed by atoms with Gasteiger partial charge in [0, 0.05) is 24.6 Å². The molecule has 0 radical (unpaired) electrons. The summed E-state index contributed by atoms with van der Waals surface area (Å²) < 4.78 is 18.4. The van der Waals surface area contributed by atoms with Crippen molar-refractivity contribution in [3.63, 3.8) is 0 Å². The predicted octanol–water partition coefficient (Wildman–Crippen LogP) is 4.53. The monoisotopic (exact) mass is 331 g/mol. The molecule has 0 amide bonds. The Morgan fingerprint density at radius 3 is 2.67 bits per heavy atom. The number of allylic oxidation sites excluding steroid dienone is 1. The lowest BCUT2D eigenvalue weighted by molar-refractivity contribution is -0.131. The Balaban J connectivity index is 2.52. The van der Waals surface area contributed by atoms with Crippen LogP contribution in [0, 0.1) is 5.41 Å². The lowest BCUT2D eigenvalue weighted by Gasteiger charge is -2.23. The molecular weight excluding hydrogens is 309 g/mol. The summed E-state index contributed by atoms with van der Waals surface area (Å²) in [7, 11) is 0. The molecule has 128 valence electrons. The van der Waals surface area contributed by atoms with Gasteiger partial charge in [-0.2, -0.15) is 0 Å². The quantitative estimate of drug-likeness (QED) is 0.818. The maximum atomic E-state index is 13.2. The Kier molecular flexibility index (Phi) is 5.22. The number of fused-ring (bicyclic) bond motifs is 1. The molecule has 0 saturated carbocycles. The molecule has 5 heteroatoms. The molecule has 2 aromatic rings. The van der Waals surface area contributed by atoms with Gasteiger partial charge in [0.2, 0.25) is 6.36 Å². The standard InChI is InChI=1S/C19H22FNO3/c1-12(20)24-16-8-7-13(15-6-5-9-21-18(15)16)10-14(11-17(22)23)19(2,3)4/h5-9,11-12H,10H2,1-4H3,(H,22,23)/b14-11-. The molecule has 0 aliphatic rings. The first-order valence-electron chi connectivity index (χ1n) is 7.80. The van der Waals surface area contributed by atoms with E-state index in [4.69, 9.17) is 9.84 Å². The van der Waals surface area contributed by atoms with Gasteiger partial charge in [0.25, 0.3) is 0 Å². The van der Waals surface area contributed by atoms with Crippen LogP contribution in [0.15, 0.2) is 42.1 Å². The van der Waals surface area contributed by atoms with E-state index in [0.29, 0.717) is 17.7 Å². The number of carboxylic acid groups (broad SMARTS) is 1. The SMILES string of the molecule is CC(F)Oc1ccc(C/C(=C/C(=O)O)C(C)(C)C)c2cccnc12. The van der Waals surface area contributed by atoms with Crippen molar-refractivity contribution in [1.29, 1.82) is 0 Å². The second-order valence-corrected chi connectivity index (χ2v) is 6.72.